The highest BCUT2D eigenvalue weighted by molar-refractivity contribution is 5.80. The second-order valence-corrected chi connectivity index (χ2v) is 5.64. The van der Waals surface area contributed by atoms with Crippen molar-refractivity contribution >= 4 is 11.8 Å². The van der Waals surface area contributed by atoms with E-state index in [4.69, 9.17) is 0 Å². The molecule has 2 saturated heterocycles. The van der Waals surface area contributed by atoms with E-state index in [0.29, 0.717) is 6.54 Å². The molecule has 0 aromatic carbocycles. The summed E-state index contributed by atoms with van der Waals surface area (Å²) in [6.07, 6.45) is 1.92. The van der Waals surface area contributed by atoms with Crippen molar-refractivity contribution in [3.63, 3.8) is 0 Å². The number of hydrogen-bond donors (Lipinski definition) is 2. The third kappa shape index (κ3) is 4.18. The number of piperazine rings is 1. The van der Waals surface area contributed by atoms with E-state index >= 15 is 0 Å². The van der Waals surface area contributed by atoms with Crippen molar-refractivity contribution in [2.45, 2.75) is 19.8 Å². The zero-order valence-corrected chi connectivity index (χ0v) is 12.4. The van der Waals surface area contributed by atoms with Gasteiger partial charge in [0.05, 0.1) is 12.5 Å². The molecule has 0 aliphatic carbocycles. The monoisotopic (exact) mass is 282 g/mol. The Morgan fingerprint density at radius 2 is 2.00 bits per heavy atom. The van der Waals surface area contributed by atoms with Gasteiger partial charge in [-0.25, -0.2) is 0 Å². The fraction of sp³-hybridized carbons (Fsp3) is 0.857. The molecular weight excluding hydrogens is 256 g/mol. The average Bonchev–Trinajstić information content (AvgIpc) is 2.99. The fourth-order valence-electron chi connectivity index (χ4n) is 2.77. The van der Waals surface area contributed by atoms with Crippen LogP contribution in [0.25, 0.3) is 0 Å². The first-order valence-corrected chi connectivity index (χ1v) is 7.69. The zero-order chi connectivity index (χ0) is 14.4. The van der Waals surface area contributed by atoms with Gasteiger partial charge in [-0.15, -0.1) is 0 Å². The van der Waals surface area contributed by atoms with E-state index < -0.39 is 0 Å². The minimum atomic E-state index is 0.0895. The zero-order valence-electron chi connectivity index (χ0n) is 12.4. The summed E-state index contributed by atoms with van der Waals surface area (Å²) in [5.41, 5.74) is 0. The minimum absolute atomic E-state index is 0.0895. The molecule has 1 unspecified atom stereocenters. The van der Waals surface area contributed by atoms with Crippen molar-refractivity contribution in [3.05, 3.63) is 0 Å². The van der Waals surface area contributed by atoms with Crippen LogP contribution in [-0.2, 0) is 9.59 Å². The van der Waals surface area contributed by atoms with Gasteiger partial charge in [0.15, 0.2) is 0 Å². The molecular formula is C14H26N4O2. The van der Waals surface area contributed by atoms with Crippen LogP contribution in [0.4, 0.5) is 0 Å². The van der Waals surface area contributed by atoms with E-state index in [2.05, 4.69) is 15.5 Å². The topological polar surface area (TPSA) is 64.7 Å². The molecule has 2 rings (SSSR count). The van der Waals surface area contributed by atoms with Gasteiger partial charge in [0.1, 0.15) is 0 Å². The van der Waals surface area contributed by atoms with Crippen molar-refractivity contribution in [2.75, 3.05) is 52.4 Å². The summed E-state index contributed by atoms with van der Waals surface area (Å²) < 4.78 is 0. The number of carbonyl (C=O) groups excluding carboxylic acids is 2. The van der Waals surface area contributed by atoms with Crippen molar-refractivity contribution < 1.29 is 9.59 Å². The van der Waals surface area contributed by atoms with E-state index in [0.717, 1.165) is 58.7 Å². The lowest BCUT2D eigenvalue weighted by atomic mass is 10.1. The molecule has 114 valence electrons. The second kappa shape index (κ2) is 7.59. The maximum atomic E-state index is 12.3. The molecule has 2 N–H and O–H groups in total. The smallest absolute Gasteiger partial charge is 0.234 e. The molecule has 0 aromatic rings. The molecule has 0 spiro atoms. The molecule has 2 aliphatic rings. The Labute approximate surface area is 120 Å². The van der Waals surface area contributed by atoms with Gasteiger partial charge in [0.25, 0.3) is 0 Å². The quantitative estimate of drug-likeness (QED) is 0.697. The molecule has 0 saturated carbocycles. The molecule has 0 radical (unpaired) electrons. The summed E-state index contributed by atoms with van der Waals surface area (Å²) in [4.78, 5) is 28.0. The first-order chi connectivity index (χ1) is 9.70. The van der Waals surface area contributed by atoms with Gasteiger partial charge in [0.2, 0.25) is 11.8 Å². The lowest BCUT2D eigenvalue weighted by Gasteiger charge is -2.35. The molecule has 6 heteroatoms. The maximum absolute atomic E-state index is 12.3. The highest BCUT2D eigenvalue weighted by atomic mass is 16.2. The van der Waals surface area contributed by atoms with Crippen molar-refractivity contribution in [1.29, 1.82) is 0 Å². The Kier molecular flexibility index (Phi) is 5.79. The molecule has 6 nitrogen and oxygen atoms in total. The van der Waals surface area contributed by atoms with Gasteiger partial charge in [-0.05, 0) is 19.4 Å². The van der Waals surface area contributed by atoms with E-state index in [1.807, 2.05) is 11.8 Å². The number of carbonyl (C=O) groups is 2. The molecule has 2 fully saturated rings. The van der Waals surface area contributed by atoms with Gasteiger partial charge in [0, 0.05) is 39.3 Å². The van der Waals surface area contributed by atoms with Crippen LogP contribution in [0.5, 0.6) is 0 Å². The number of nitrogens with zero attached hydrogens (tertiary/aromatic N) is 2. The van der Waals surface area contributed by atoms with Crippen molar-refractivity contribution in [1.82, 2.24) is 20.4 Å². The second-order valence-electron chi connectivity index (χ2n) is 5.64. The van der Waals surface area contributed by atoms with Crippen LogP contribution in [0.1, 0.15) is 19.8 Å². The van der Waals surface area contributed by atoms with Gasteiger partial charge in [-0.2, -0.15) is 0 Å². The number of hydrogen-bond acceptors (Lipinski definition) is 4. The predicted octanol–water partition coefficient (Wildman–Crippen LogP) is -0.734. The summed E-state index contributed by atoms with van der Waals surface area (Å²) in [6.45, 7) is 8.09. The molecule has 2 heterocycles. The van der Waals surface area contributed by atoms with Crippen molar-refractivity contribution in [3.8, 4) is 0 Å². The minimum Gasteiger partial charge on any atom is -0.355 e. The Balaban J connectivity index is 1.69. The first-order valence-electron chi connectivity index (χ1n) is 7.69. The summed E-state index contributed by atoms with van der Waals surface area (Å²) in [5, 5.41) is 6.12. The van der Waals surface area contributed by atoms with E-state index in [1.54, 1.807) is 0 Å². The third-order valence-corrected chi connectivity index (χ3v) is 4.03. The molecule has 1 atom stereocenters. The Bertz CT molecular complexity index is 334. The maximum Gasteiger partial charge on any atom is 0.234 e. The van der Waals surface area contributed by atoms with Crippen LogP contribution in [-0.4, -0.2) is 74.0 Å². The Morgan fingerprint density at radius 1 is 1.25 bits per heavy atom. The van der Waals surface area contributed by atoms with Gasteiger partial charge in [-0.1, -0.05) is 6.92 Å². The Morgan fingerprint density at radius 3 is 2.60 bits per heavy atom. The molecule has 20 heavy (non-hydrogen) atoms. The summed E-state index contributed by atoms with van der Waals surface area (Å²) in [5.74, 6) is 0.533. The average molecular weight is 282 g/mol. The Hall–Kier alpha value is -1.14. The van der Waals surface area contributed by atoms with Gasteiger partial charge < -0.3 is 15.5 Å². The number of rotatable bonds is 5. The molecule has 0 bridgehead atoms. The van der Waals surface area contributed by atoms with Crippen LogP contribution in [0.2, 0.25) is 0 Å². The van der Waals surface area contributed by atoms with E-state index in [1.165, 1.54) is 0 Å². The van der Waals surface area contributed by atoms with Crippen LogP contribution >= 0.6 is 0 Å². The standard InChI is InChI=1S/C14H26N4O2/c1-2-4-16-13(19)11-17-6-8-18(9-7-17)14(20)12-3-5-15-10-12/h12,15H,2-11H2,1H3,(H,16,19). The first kappa shape index (κ1) is 15.3. The lowest BCUT2D eigenvalue weighted by molar-refractivity contribution is -0.136. The highest BCUT2D eigenvalue weighted by Gasteiger charge is 2.29. The normalized spacial score (nSPS) is 23.9. The largest absolute Gasteiger partial charge is 0.355 e. The highest BCUT2D eigenvalue weighted by Crippen LogP contribution is 2.13. The summed E-state index contributed by atoms with van der Waals surface area (Å²) >= 11 is 0. The third-order valence-electron chi connectivity index (χ3n) is 4.03. The summed E-state index contributed by atoms with van der Waals surface area (Å²) in [7, 11) is 0. The van der Waals surface area contributed by atoms with E-state index in [9.17, 15) is 9.59 Å². The fourth-order valence-corrected chi connectivity index (χ4v) is 2.77. The lowest BCUT2D eigenvalue weighted by Crippen LogP contribution is -2.52. The van der Waals surface area contributed by atoms with Crippen molar-refractivity contribution in [2.24, 2.45) is 5.92 Å². The van der Waals surface area contributed by atoms with Crippen LogP contribution in [0.15, 0.2) is 0 Å². The van der Waals surface area contributed by atoms with Crippen LogP contribution in [0, 0.1) is 5.92 Å². The number of nitrogens with one attached hydrogen (secondary N) is 2. The molecule has 2 amide bonds. The van der Waals surface area contributed by atoms with Crippen LogP contribution < -0.4 is 10.6 Å². The predicted molar refractivity (Wildman–Crippen MR) is 77.3 cm³/mol. The summed E-state index contributed by atoms with van der Waals surface area (Å²) in [6, 6.07) is 0. The SMILES string of the molecule is CCCNC(=O)CN1CCN(C(=O)C2CCNC2)CC1. The van der Waals surface area contributed by atoms with Gasteiger partial charge >= 0.3 is 0 Å². The molecule has 0 aromatic heterocycles. The molecule has 2 aliphatic heterocycles. The van der Waals surface area contributed by atoms with Gasteiger partial charge in [-0.3, -0.25) is 14.5 Å². The van der Waals surface area contributed by atoms with E-state index in [-0.39, 0.29) is 17.7 Å². The number of amides is 2. The van der Waals surface area contributed by atoms with Crippen LogP contribution in [0.3, 0.4) is 0 Å².